The van der Waals surface area contributed by atoms with Crippen LogP contribution in [0.1, 0.15) is 61.5 Å². The zero-order valence-electron chi connectivity index (χ0n) is 25.4. The summed E-state index contributed by atoms with van der Waals surface area (Å²) in [6.07, 6.45) is -0.633. The number of carboxylic acids is 1. The lowest BCUT2D eigenvalue weighted by molar-refractivity contribution is -0.193. The van der Waals surface area contributed by atoms with Gasteiger partial charge in [0.2, 0.25) is 5.91 Å². The Balaban J connectivity index is 1.55. The second kappa shape index (κ2) is 16.8. The van der Waals surface area contributed by atoms with Gasteiger partial charge in [0, 0.05) is 6.54 Å². The minimum Gasteiger partial charge on any atom is -0.478 e. The van der Waals surface area contributed by atoms with Gasteiger partial charge in [-0.3, -0.25) is 14.4 Å². The maximum Gasteiger partial charge on any atom is 0.408 e. The molecule has 0 aliphatic carbocycles. The van der Waals surface area contributed by atoms with Gasteiger partial charge in [-0.1, -0.05) is 62.7 Å². The maximum absolute atomic E-state index is 13.0. The third kappa shape index (κ3) is 10.3. The van der Waals surface area contributed by atoms with Crippen LogP contribution in [0.2, 0.25) is 0 Å². The lowest BCUT2D eigenvalue weighted by Gasteiger charge is -2.37. The lowest BCUT2D eigenvalue weighted by atomic mass is 9.83. The minimum absolute atomic E-state index is 0.00723. The molecule has 0 bridgehead atoms. The van der Waals surface area contributed by atoms with Gasteiger partial charge in [0.15, 0.2) is 6.10 Å². The lowest BCUT2D eigenvalue weighted by Crippen LogP contribution is -2.56. The number of carbonyl (C=O) groups is 6. The van der Waals surface area contributed by atoms with Gasteiger partial charge in [0.05, 0.1) is 5.56 Å². The molecule has 1 fully saturated rings. The van der Waals surface area contributed by atoms with Gasteiger partial charge in [-0.05, 0) is 48.9 Å². The third-order valence-corrected chi connectivity index (χ3v) is 7.45. The number of cyclic esters (lactones) is 1. The second-order valence-corrected chi connectivity index (χ2v) is 10.8. The van der Waals surface area contributed by atoms with Gasteiger partial charge in [-0.25, -0.2) is 14.4 Å². The first-order chi connectivity index (χ1) is 21.5. The van der Waals surface area contributed by atoms with Gasteiger partial charge in [0.1, 0.15) is 31.2 Å². The molecule has 0 unspecified atom stereocenters. The van der Waals surface area contributed by atoms with Crippen LogP contribution in [0.3, 0.4) is 0 Å². The van der Waals surface area contributed by atoms with E-state index in [1.807, 2.05) is 19.9 Å². The molecule has 1 heterocycles. The van der Waals surface area contributed by atoms with E-state index in [1.165, 1.54) is 31.2 Å². The van der Waals surface area contributed by atoms with Crippen molar-refractivity contribution in [3.63, 3.8) is 0 Å². The summed E-state index contributed by atoms with van der Waals surface area (Å²) in [5, 5.41) is 16.8. The van der Waals surface area contributed by atoms with Crippen LogP contribution in [0, 0.1) is 11.8 Å². The number of carboxylic acid groups (broad SMARTS) is 1. The van der Waals surface area contributed by atoms with Crippen LogP contribution in [0.15, 0.2) is 54.6 Å². The van der Waals surface area contributed by atoms with Crippen LogP contribution >= 0.6 is 0 Å². The Hall–Kier alpha value is -4.94. The quantitative estimate of drug-likeness (QED) is 0.123. The molecule has 0 spiro atoms. The highest BCUT2D eigenvalue weighted by Gasteiger charge is 2.49. The summed E-state index contributed by atoms with van der Waals surface area (Å²) in [6.45, 7) is 5.20. The van der Waals surface area contributed by atoms with Crippen molar-refractivity contribution in [2.75, 3.05) is 6.54 Å². The minimum atomic E-state index is -1.13. The number of nitrogens with one attached hydrogen (secondary N) is 3. The number of ether oxygens (including phenoxy) is 3. The highest BCUT2D eigenvalue weighted by molar-refractivity contribution is 5.94. The molecule has 1 aliphatic rings. The Kier molecular flexibility index (Phi) is 12.9. The number of hydrogen-bond acceptors (Lipinski definition) is 9. The number of alkyl carbamates (subject to hydrolysis) is 1. The molecule has 1 aliphatic heterocycles. The Morgan fingerprint density at radius 3 is 2.18 bits per heavy atom. The van der Waals surface area contributed by atoms with E-state index in [0.717, 1.165) is 12.0 Å². The van der Waals surface area contributed by atoms with E-state index >= 15 is 0 Å². The first-order valence-electron chi connectivity index (χ1n) is 14.7. The van der Waals surface area contributed by atoms with Gasteiger partial charge in [0.25, 0.3) is 5.91 Å². The summed E-state index contributed by atoms with van der Waals surface area (Å²) < 4.78 is 15.6. The van der Waals surface area contributed by atoms with Gasteiger partial charge >= 0.3 is 24.0 Å². The van der Waals surface area contributed by atoms with E-state index in [2.05, 4.69) is 16.0 Å². The van der Waals surface area contributed by atoms with Crippen LogP contribution in [-0.2, 0) is 46.6 Å². The van der Waals surface area contributed by atoms with Crippen molar-refractivity contribution in [2.24, 2.45) is 11.8 Å². The molecule has 0 aromatic heterocycles. The monoisotopic (exact) mass is 625 g/mol. The Morgan fingerprint density at radius 2 is 1.56 bits per heavy atom. The molecule has 2 aromatic carbocycles. The predicted octanol–water partition coefficient (Wildman–Crippen LogP) is 2.71. The molecule has 3 rings (SSSR count). The summed E-state index contributed by atoms with van der Waals surface area (Å²) in [4.78, 5) is 73.7. The Labute approximate surface area is 261 Å². The third-order valence-electron chi connectivity index (χ3n) is 7.45. The number of hydrogen-bond donors (Lipinski definition) is 4. The first kappa shape index (κ1) is 34.5. The molecule has 0 saturated carbocycles. The first-order valence-corrected chi connectivity index (χ1v) is 14.7. The van der Waals surface area contributed by atoms with E-state index in [4.69, 9.17) is 19.3 Å². The zero-order chi connectivity index (χ0) is 32.9. The number of esters is 2. The number of aromatic carboxylic acids is 1. The molecule has 3 amide bonds. The standard InChI is InChI=1S/C32H39N3O10/c1-4-19(2)25-26(45-31(25)41)28(37)33-16-8-11-24(30(40)43-17-22-12-14-23(15-13-22)29(38)39)35-27(36)20(3)34-32(42)44-18-21-9-6-5-7-10-21/h5-7,9-10,12-15,19-20,24-26H,4,8,11,16-18H2,1-3H3,(H,33,37)(H,34,42)(H,35,36)(H,38,39)/t19-,20-,24-,25-,26+/m0/s1. The van der Waals surface area contributed by atoms with Crippen molar-refractivity contribution >= 4 is 35.8 Å². The van der Waals surface area contributed by atoms with E-state index < -0.39 is 59.9 Å². The molecule has 2 aromatic rings. The van der Waals surface area contributed by atoms with E-state index in [1.54, 1.807) is 24.3 Å². The molecule has 13 heteroatoms. The number of carbonyl (C=O) groups excluding carboxylic acids is 5. The Morgan fingerprint density at radius 1 is 0.911 bits per heavy atom. The highest BCUT2D eigenvalue weighted by Crippen LogP contribution is 2.31. The van der Waals surface area contributed by atoms with E-state index in [-0.39, 0.29) is 44.1 Å². The van der Waals surface area contributed by atoms with Crippen LogP contribution in [-0.4, -0.2) is 65.7 Å². The largest absolute Gasteiger partial charge is 0.478 e. The average Bonchev–Trinajstić information content (AvgIpc) is 3.03. The molecule has 242 valence electrons. The highest BCUT2D eigenvalue weighted by atomic mass is 16.6. The SMILES string of the molecule is CC[C@H](C)[C@@H]1C(=O)O[C@H]1C(=O)NCCC[C@H](NC(=O)[C@H](C)NC(=O)OCc1ccccc1)C(=O)OCc1ccc(C(=O)O)cc1. The molecule has 1 saturated heterocycles. The molecule has 4 N–H and O–H groups in total. The van der Waals surface area contributed by atoms with Crippen LogP contribution < -0.4 is 16.0 Å². The normalized spacial score (nSPS) is 17.4. The average molecular weight is 626 g/mol. The number of rotatable bonds is 16. The van der Waals surface area contributed by atoms with Gasteiger partial charge in [-0.15, -0.1) is 0 Å². The Bertz CT molecular complexity index is 1350. The van der Waals surface area contributed by atoms with E-state index in [0.29, 0.717) is 5.56 Å². The van der Waals surface area contributed by atoms with Crippen molar-refractivity contribution in [2.45, 2.75) is 71.4 Å². The predicted molar refractivity (Wildman–Crippen MR) is 159 cm³/mol. The smallest absolute Gasteiger partial charge is 0.408 e. The fourth-order valence-electron chi connectivity index (χ4n) is 4.50. The van der Waals surface area contributed by atoms with Crippen LogP contribution in [0.25, 0.3) is 0 Å². The summed E-state index contributed by atoms with van der Waals surface area (Å²) in [5.41, 5.74) is 1.38. The maximum atomic E-state index is 13.0. The van der Waals surface area contributed by atoms with Crippen LogP contribution in [0.4, 0.5) is 4.79 Å². The molecule has 45 heavy (non-hydrogen) atoms. The fraction of sp³-hybridized carbons (Fsp3) is 0.438. The van der Waals surface area contributed by atoms with Gasteiger partial charge in [-0.2, -0.15) is 0 Å². The fourth-order valence-corrected chi connectivity index (χ4v) is 4.50. The molecule has 13 nitrogen and oxygen atoms in total. The number of benzene rings is 2. The molecule has 5 atom stereocenters. The molecular weight excluding hydrogens is 586 g/mol. The summed E-state index contributed by atoms with van der Waals surface area (Å²) in [7, 11) is 0. The summed E-state index contributed by atoms with van der Waals surface area (Å²) in [6, 6.07) is 12.6. The summed E-state index contributed by atoms with van der Waals surface area (Å²) in [5.74, 6) is -3.87. The zero-order valence-corrected chi connectivity index (χ0v) is 25.4. The van der Waals surface area contributed by atoms with Crippen molar-refractivity contribution < 1.29 is 48.1 Å². The number of amides is 3. The summed E-state index contributed by atoms with van der Waals surface area (Å²) >= 11 is 0. The van der Waals surface area contributed by atoms with Gasteiger partial charge < -0.3 is 35.3 Å². The van der Waals surface area contributed by atoms with E-state index in [9.17, 15) is 28.8 Å². The van der Waals surface area contributed by atoms with Crippen molar-refractivity contribution in [1.82, 2.24) is 16.0 Å². The topological polar surface area (TPSA) is 186 Å². The molecular formula is C32H39N3O10. The van der Waals surface area contributed by atoms with Crippen molar-refractivity contribution in [3.05, 3.63) is 71.3 Å². The second-order valence-electron chi connectivity index (χ2n) is 10.8. The van der Waals surface area contributed by atoms with Crippen molar-refractivity contribution in [3.8, 4) is 0 Å². The molecule has 0 radical (unpaired) electrons. The van der Waals surface area contributed by atoms with Crippen LogP contribution in [0.5, 0.6) is 0 Å². The van der Waals surface area contributed by atoms with Crippen molar-refractivity contribution in [1.29, 1.82) is 0 Å².